The highest BCUT2D eigenvalue weighted by Crippen LogP contribution is 2.24. The second-order valence-electron chi connectivity index (χ2n) is 6.19. The average Bonchev–Trinajstić information content (AvgIpc) is 2.66. The van der Waals surface area contributed by atoms with Crippen molar-refractivity contribution in [3.05, 3.63) is 99.0 Å². The van der Waals surface area contributed by atoms with Crippen molar-refractivity contribution in [2.24, 2.45) is 0 Å². The Morgan fingerprint density at radius 3 is 2.59 bits per heavy atom. The van der Waals surface area contributed by atoms with Gasteiger partial charge in [-0.25, -0.2) is 0 Å². The number of rotatable bonds is 6. The fourth-order valence-corrected chi connectivity index (χ4v) is 3.38. The van der Waals surface area contributed by atoms with E-state index in [1.807, 2.05) is 36.4 Å². The maximum absolute atomic E-state index is 6.23. The molecule has 3 aromatic rings. The third kappa shape index (κ3) is 5.46. The van der Waals surface area contributed by atoms with Crippen LogP contribution in [-0.2, 0) is 13.2 Å². The lowest BCUT2D eigenvalue weighted by Crippen LogP contribution is -2.22. The molecule has 0 atom stereocenters. The second-order valence-corrected chi connectivity index (χ2v) is 7.44. The molecule has 3 rings (SSSR count). The Morgan fingerprint density at radius 2 is 1.81 bits per heavy atom. The molecular formula is C22H19Cl2NOS. The lowest BCUT2D eigenvalue weighted by atomic mass is 10.1. The van der Waals surface area contributed by atoms with Gasteiger partial charge in [-0.15, -0.1) is 0 Å². The topological polar surface area (TPSA) is 21.3 Å². The summed E-state index contributed by atoms with van der Waals surface area (Å²) in [5.74, 6) is 0.713. The minimum atomic E-state index is 0.341. The molecule has 0 heterocycles. The maximum atomic E-state index is 6.23. The highest BCUT2D eigenvalue weighted by molar-refractivity contribution is 7.80. The number of hydrogen-bond donors (Lipinski definition) is 1. The van der Waals surface area contributed by atoms with Gasteiger partial charge in [0.15, 0.2) is 0 Å². The summed E-state index contributed by atoms with van der Waals surface area (Å²) in [6.07, 6.45) is 0. The Labute approximate surface area is 175 Å². The monoisotopic (exact) mass is 415 g/mol. The molecule has 0 amide bonds. The van der Waals surface area contributed by atoms with E-state index in [0.29, 0.717) is 33.9 Å². The third-order valence-electron chi connectivity index (χ3n) is 4.07. The van der Waals surface area contributed by atoms with Crippen LogP contribution in [0.15, 0.2) is 66.7 Å². The van der Waals surface area contributed by atoms with Gasteiger partial charge in [-0.1, -0.05) is 83.4 Å². The van der Waals surface area contributed by atoms with Gasteiger partial charge in [-0.2, -0.15) is 0 Å². The van der Waals surface area contributed by atoms with Gasteiger partial charge in [-0.3, -0.25) is 0 Å². The van der Waals surface area contributed by atoms with Gasteiger partial charge in [0.05, 0.1) is 5.56 Å². The number of halogens is 2. The van der Waals surface area contributed by atoms with Crippen molar-refractivity contribution in [2.45, 2.75) is 20.1 Å². The van der Waals surface area contributed by atoms with E-state index in [4.69, 9.17) is 40.2 Å². The first-order valence-corrected chi connectivity index (χ1v) is 9.69. The summed E-state index contributed by atoms with van der Waals surface area (Å²) in [7, 11) is 0. The molecule has 2 nitrogen and oxygen atoms in total. The number of hydrogen-bond acceptors (Lipinski definition) is 2. The lowest BCUT2D eigenvalue weighted by molar-refractivity contribution is 0.305. The van der Waals surface area contributed by atoms with Crippen LogP contribution in [0, 0.1) is 6.92 Å². The van der Waals surface area contributed by atoms with Gasteiger partial charge < -0.3 is 10.1 Å². The molecule has 138 valence electrons. The zero-order chi connectivity index (χ0) is 19.2. The first-order chi connectivity index (χ1) is 13.0. The van der Waals surface area contributed by atoms with Crippen molar-refractivity contribution in [2.75, 3.05) is 0 Å². The fraction of sp³-hybridized carbons (Fsp3) is 0.136. The highest BCUT2D eigenvalue weighted by Gasteiger charge is 2.10. The smallest absolute Gasteiger partial charge is 0.129 e. The van der Waals surface area contributed by atoms with Crippen LogP contribution in [-0.4, -0.2) is 4.99 Å². The van der Waals surface area contributed by atoms with Crippen molar-refractivity contribution >= 4 is 40.4 Å². The molecule has 0 radical (unpaired) electrons. The molecule has 0 saturated heterocycles. The van der Waals surface area contributed by atoms with Crippen LogP contribution in [0.3, 0.4) is 0 Å². The van der Waals surface area contributed by atoms with Gasteiger partial charge in [0.2, 0.25) is 0 Å². The van der Waals surface area contributed by atoms with E-state index in [1.165, 1.54) is 11.1 Å². The zero-order valence-corrected chi connectivity index (χ0v) is 17.2. The van der Waals surface area contributed by atoms with Crippen molar-refractivity contribution in [1.82, 2.24) is 5.32 Å². The Morgan fingerprint density at radius 1 is 1.00 bits per heavy atom. The van der Waals surface area contributed by atoms with Crippen LogP contribution in [0.1, 0.15) is 22.3 Å². The van der Waals surface area contributed by atoms with Crippen LogP contribution in [0.5, 0.6) is 5.75 Å². The molecule has 0 fully saturated rings. The molecule has 0 aliphatic carbocycles. The zero-order valence-electron chi connectivity index (χ0n) is 14.8. The highest BCUT2D eigenvalue weighted by atomic mass is 35.5. The normalized spacial score (nSPS) is 10.5. The molecule has 0 aliphatic heterocycles. The van der Waals surface area contributed by atoms with Crippen LogP contribution >= 0.6 is 35.4 Å². The summed E-state index contributed by atoms with van der Waals surface area (Å²) >= 11 is 17.8. The van der Waals surface area contributed by atoms with E-state index in [-0.39, 0.29) is 0 Å². The summed E-state index contributed by atoms with van der Waals surface area (Å²) in [6, 6.07) is 21.4. The first kappa shape index (κ1) is 19.7. The van der Waals surface area contributed by atoms with E-state index < -0.39 is 0 Å². The van der Waals surface area contributed by atoms with Crippen LogP contribution < -0.4 is 10.1 Å². The summed E-state index contributed by atoms with van der Waals surface area (Å²) < 4.78 is 5.98. The summed E-state index contributed by atoms with van der Waals surface area (Å²) in [4.78, 5) is 0.648. The molecule has 0 aliphatic rings. The van der Waals surface area contributed by atoms with Crippen LogP contribution in [0.25, 0.3) is 0 Å². The molecule has 0 spiro atoms. The molecule has 5 heteroatoms. The molecule has 0 unspecified atom stereocenters. The number of para-hydroxylation sites is 1. The van der Waals surface area contributed by atoms with E-state index >= 15 is 0 Å². The molecule has 1 N–H and O–H groups in total. The van der Waals surface area contributed by atoms with Gasteiger partial charge in [-0.05, 0) is 36.8 Å². The van der Waals surface area contributed by atoms with Gasteiger partial charge in [0.1, 0.15) is 17.3 Å². The molecule has 0 bridgehead atoms. The minimum Gasteiger partial charge on any atom is -0.488 e. The molecule has 3 aromatic carbocycles. The first-order valence-electron chi connectivity index (χ1n) is 8.52. The number of ether oxygens (including phenoxy) is 1. The van der Waals surface area contributed by atoms with Crippen molar-refractivity contribution in [1.29, 1.82) is 0 Å². The molecule has 0 saturated carbocycles. The largest absolute Gasteiger partial charge is 0.488 e. The Balaban J connectivity index is 1.68. The maximum Gasteiger partial charge on any atom is 0.129 e. The molecular weight excluding hydrogens is 397 g/mol. The van der Waals surface area contributed by atoms with E-state index in [9.17, 15) is 0 Å². The summed E-state index contributed by atoms with van der Waals surface area (Å²) in [5.41, 5.74) is 4.13. The number of aryl methyl sites for hydroxylation is 1. The molecule has 0 aromatic heterocycles. The van der Waals surface area contributed by atoms with E-state index in [0.717, 1.165) is 11.1 Å². The number of benzene rings is 3. The minimum absolute atomic E-state index is 0.341. The Kier molecular flexibility index (Phi) is 6.73. The SMILES string of the molecule is Cc1cccc(CNC(=S)c2ccccc2OCc2ccc(Cl)cc2Cl)c1. The fourth-order valence-electron chi connectivity index (χ4n) is 2.67. The summed E-state index contributed by atoms with van der Waals surface area (Å²) in [5, 5.41) is 4.49. The van der Waals surface area contributed by atoms with Crippen LogP contribution in [0.2, 0.25) is 10.0 Å². The second kappa shape index (κ2) is 9.23. The quantitative estimate of drug-likeness (QED) is 0.474. The van der Waals surface area contributed by atoms with Crippen molar-refractivity contribution < 1.29 is 4.74 Å². The standard InChI is InChI=1S/C22H19Cl2NOS/c1-15-5-4-6-16(11-15)13-25-22(27)19-7-2-3-8-21(19)26-14-17-9-10-18(23)12-20(17)24/h2-12H,13-14H2,1H3,(H,25,27). The van der Waals surface area contributed by atoms with E-state index in [1.54, 1.807) is 12.1 Å². The Bertz CT molecular complexity index is 959. The van der Waals surface area contributed by atoms with Crippen LogP contribution in [0.4, 0.5) is 0 Å². The summed E-state index contributed by atoms with van der Waals surface area (Å²) in [6.45, 7) is 3.08. The predicted molar refractivity (Wildman–Crippen MR) is 117 cm³/mol. The number of thiocarbonyl (C=S) groups is 1. The van der Waals surface area contributed by atoms with Crippen molar-refractivity contribution in [3.63, 3.8) is 0 Å². The van der Waals surface area contributed by atoms with Crippen molar-refractivity contribution in [3.8, 4) is 5.75 Å². The Hall–Kier alpha value is -2.07. The van der Waals surface area contributed by atoms with E-state index in [2.05, 4.69) is 30.4 Å². The van der Waals surface area contributed by atoms with Gasteiger partial charge in [0, 0.05) is 22.2 Å². The van der Waals surface area contributed by atoms with Gasteiger partial charge >= 0.3 is 0 Å². The average molecular weight is 416 g/mol. The predicted octanol–water partition coefficient (Wildman–Crippen LogP) is 6.35. The number of nitrogens with one attached hydrogen (secondary N) is 1. The molecule has 27 heavy (non-hydrogen) atoms. The lowest BCUT2D eigenvalue weighted by Gasteiger charge is -2.14. The van der Waals surface area contributed by atoms with Gasteiger partial charge in [0.25, 0.3) is 0 Å². The third-order valence-corrected chi connectivity index (χ3v) is 5.02.